The van der Waals surface area contributed by atoms with E-state index >= 15 is 0 Å². The van der Waals surface area contributed by atoms with Crippen molar-refractivity contribution in [3.63, 3.8) is 0 Å². The second kappa shape index (κ2) is 6.08. The molecule has 1 heterocycles. The first kappa shape index (κ1) is 12.5. The van der Waals surface area contributed by atoms with Crippen LogP contribution in [0.2, 0.25) is 0 Å². The second-order valence-corrected chi connectivity index (χ2v) is 4.67. The lowest BCUT2D eigenvalue weighted by Crippen LogP contribution is -2.46. The zero-order chi connectivity index (χ0) is 11.3. The fraction of sp³-hybridized carbons (Fsp3) is 0.909. The van der Waals surface area contributed by atoms with Crippen molar-refractivity contribution in [1.82, 2.24) is 10.6 Å². The molecule has 88 valence electrons. The van der Waals surface area contributed by atoms with Crippen LogP contribution in [0.15, 0.2) is 0 Å². The molecular formula is C11H22N2O2. The fourth-order valence-electron chi connectivity index (χ4n) is 1.96. The molecule has 1 unspecified atom stereocenters. The first-order chi connectivity index (χ1) is 7.13. The third kappa shape index (κ3) is 4.18. The van der Waals surface area contributed by atoms with Gasteiger partial charge in [0.1, 0.15) is 0 Å². The van der Waals surface area contributed by atoms with Crippen LogP contribution in [0, 0.1) is 5.92 Å². The van der Waals surface area contributed by atoms with Gasteiger partial charge in [0.2, 0.25) is 5.91 Å². The van der Waals surface area contributed by atoms with Crippen molar-refractivity contribution in [2.24, 2.45) is 5.92 Å². The summed E-state index contributed by atoms with van der Waals surface area (Å²) in [6.45, 7) is 5.12. The Morgan fingerprint density at radius 3 is 2.80 bits per heavy atom. The standard InChI is InChI=1S/C11H22N2O2/c1-8(2)6-9(7-14)13-11(15)10-4-3-5-12-10/h8-10,12,14H,3-7H2,1-2H3,(H,13,15)/t9?,10-/m1/s1. The predicted molar refractivity (Wildman–Crippen MR) is 59.5 cm³/mol. The lowest BCUT2D eigenvalue weighted by atomic mass is 10.0. The van der Waals surface area contributed by atoms with Crippen LogP contribution >= 0.6 is 0 Å². The van der Waals surface area contributed by atoms with Gasteiger partial charge in [-0.2, -0.15) is 0 Å². The minimum Gasteiger partial charge on any atom is -0.394 e. The maximum atomic E-state index is 11.7. The summed E-state index contributed by atoms with van der Waals surface area (Å²) in [4.78, 5) is 11.7. The van der Waals surface area contributed by atoms with E-state index in [4.69, 9.17) is 5.11 Å². The molecule has 1 amide bonds. The highest BCUT2D eigenvalue weighted by Gasteiger charge is 2.24. The number of hydrogen-bond acceptors (Lipinski definition) is 3. The average Bonchev–Trinajstić information content (AvgIpc) is 2.68. The SMILES string of the molecule is CC(C)CC(CO)NC(=O)[C@H]1CCCN1. The number of amides is 1. The number of aliphatic hydroxyl groups is 1. The maximum absolute atomic E-state index is 11.7. The highest BCUT2D eigenvalue weighted by molar-refractivity contribution is 5.82. The van der Waals surface area contributed by atoms with Crippen molar-refractivity contribution in [3.8, 4) is 0 Å². The van der Waals surface area contributed by atoms with Crippen molar-refractivity contribution in [1.29, 1.82) is 0 Å². The molecule has 4 nitrogen and oxygen atoms in total. The molecule has 1 aliphatic rings. The van der Waals surface area contributed by atoms with Gasteiger partial charge in [-0.05, 0) is 31.7 Å². The molecule has 0 aromatic heterocycles. The van der Waals surface area contributed by atoms with Gasteiger partial charge in [-0.1, -0.05) is 13.8 Å². The van der Waals surface area contributed by atoms with Crippen molar-refractivity contribution in [2.75, 3.05) is 13.2 Å². The summed E-state index contributed by atoms with van der Waals surface area (Å²) in [5.74, 6) is 0.520. The Labute approximate surface area is 91.4 Å². The van der Waals surface area contributed by atoms with Crippen LogP contribution < -0.4 is 10.6 Å². The van der Waals surface area contributed by atoms with E-state index in [1.165, 1.54) is 0 Å². The first-order valence-electron chi connectivity index (χ1n) is 5.78. The Morgan fingerprint density at radius 2 is 2.33 bits per heavy atom. The first-order valence-corrected chi connectivity index (χ1v) is 5.78. The van der Waals surface area contributed by atoms with Crippen LogP contribution in [0.1, 0.15) is 33.1 Å². The number of carbonyl (C=O) groups excluding carboxylic acids is 1. The molecule has 2 atom stereocenters. The van der Waals surface area contributed by atoms with Gasteiger partial charge in [-0.15, -0.1) is 0 Å². The lowest BCUT2D eigenvalue weighted by Gasteiger charge is -2.20. The van der Waals surface area contributed by atoms with E-state index in [1.54, 1.807) is 0 Å². The summed E-state index contributed by atoms with van der Waals surface area (Å²) in [6.07, 6.45) is 2.80. The Morgan fingerprint density at radius 1 is 1.60 bits per heavy atom. The van der Waals surface area contributed by atoms with Gasteiger partial charge >= 0.3 is 0 Å². The zero-order valence-corrected chi connectivity index (χ0v) is 9.62. The predicted octanol–water partition coefficient (Wildman–Crippen LogP) is 0.262. The Balaban J connectivity index is 2.33. The van der Waals surface area contributed by atoms with E-state index < -0.39 is 0 Å². The summed E-state index contributed by atoms with van der Waals surface area (Å²) in [6, 6.07) is -0.147. The lowest BCUT2D eigenvalue weighted by molar-refractivity contribution is -0.123. The number of nitrogens with one attached hydrogen (secondary N) is 2. The third-order valence-corrected chi connectivity index (χ3v) is 2.70. The molecule has 15 heavy (non-hydrogen) atoms. The van der Waals surface area contributed by atoms with Gasteiger partial charge < -0.3 is 15.7 Å². The van der Waals surface area contributed by atoms with Crippen LogP contribution in [0.5, 0.6) is 0 Å². The zero-order valence-electron chi connectivity index (χ0n) is 9.62. The maximum Gasteiger partial charge on any atom is 0.237 e. The quantitative estimate of drug-likeness (QED) is 0.615. The molecule has 1 saturated heterocycles. The van der Waals surface area contributed by atoms with Gasteiger partial charge in [0, 0.05) is 0 Å². The minimum absolute atomic E-state index is 0.0244. The van der Waals surface area contributed by atoms with E-state index in [9.17, 15) is 4.79 Å². The highest BCUT2D eigenvalue weighted by atomic mass is 16.3. The molecule has 1 rings (SSSR count). The van der Waals surface area contributed by atoms with Crippen molar-refractivity contribution >= 4 is 5.91 Å². The van der Waals surface area contributed by atoms with Crippen LogP contribution in [0.4, 0.5) is 0 Å². The summed E-state index contributed by atoms with van der Waals surface area (Å²) in [5, 5.41) is 15.2. The largest absolute Gasteiger partial charge is 0.394 e. The van der Waals surface area contributed by atoms with Crippen LogP contribution in [-0.4, -0.2) is 36.2 Å². The number of hydrogen-bond donors (Lipinski definition) is 3. The number of carbonyl (C=O) groups is 1. The molecule has 3 N–H and O–H groups in total. The minimum atomic E-state index is -0.0973. The number of rotatable bonds is 5. The van der Waals surface area contributed by atoms with Gasteiger partial charge in [0.05, 0.1) is 18.7 Å². The summed E-state index contributed by atoms with van der Waals surface area (Å²) in [7, 11) is 0. The topological polar surface area (TPSA) is 61.4 Å². The molecule has 4 heteroatoms. The average molecular weight is 214 g/mol. The van der Waals surface area contributed by atoms with E-state index in [2.05, 4.69) is 24.5 Å². The monoisotopic (exact) mass is 214 g/mol. The van der Waals surface area contributed by atoms with Crippen LogP contribution in [0.25, 0.3) is 0 Å². The summed E-state index contributed by atoms with van der Waals surface area (Å²) >= 11 is 0. The van der Waals surface area contributed by atoms with Gasteiger partial charge in [0.25, 0.3) is 0 Å². The second-order valence-electron chi connectivity index (χ2n) is 4.67. The van der Waals surface area contributed by atoms with Crippen molar-refractivity contribution in [3.05, 3.63) is 0 Å². The van der Waals surface area contributed by atoms with E-state index in [1.807, 2.05) is 0 Å². The molecule has 0 bridgehead atoms. The third-order valence-electron chi connectivity index (χ3n) is 2.70. The molecular weight excluding hydrogens is 192 g/mol. The Bertz CT molecular complexity index is 201. The molecule has 0 spiro atoms. The van der Waals surface area contributed by atoms with E-state index in [-0.39, 0.29) is 24.6 Å². The molecule has 0 radical (unpaired) electrons. The molecule has 0 aromatic rings. The van der Waals surface area contributed by atoms with E-state index in [0.717, 1.165) is 25.8 Å². The molecule has 0 saturated carbocycles. The molecule has 0 aromatic carbocycles. The number of aliphatic hydroxyl groups excluding tert-OH is 1. The highest BCUT2D eigenvalue weighted by Crippen LogP contribution is 2.08. The van der Waals surface area contributed by atoms with Crippen molar-refractivity contribution < 1.29 is 9.90 Å². The summed E-state index contributed by atoms with van der Waals surface area (Å²) in [5.41, 5.74) is 0. The van der Waals surface area contributed by atoms with Crippen LogP contribution in [0.3, 0.4) is 0 Å². The molecule has 1 aliphatic heterocycles. The summed E-state index contributed by atoms with van der Waals surface area (Å²) < 4.78 is 0. The van der Waals surface area contributed by atoms with Gasteiger partial charge in [0.15, 0.2) is 0 Å². The van der Waals surface area contributed by atoms with Crippen LogP contribution in [-0.2, 0) is 4.79 Å². The smallest absolute Gasteiger partial charge is 0.237 e. The fourth-order valence-corrected chi connectivity index (χ4v) is 1.96. The molecule has 0 aliphatic carbocycles. The van der Waals surface area contributed by atoms with Gasteiger partial charge in [-0.25, -0.2) is 0 Å². The van der Waals surface area contributed by atoms with Gasteiger partial charge in [-0.3, -0.25) is 4.79 Å². The van der Waals surface area contributed by atoms with E-state index in [0.29, 0.717) is 5.92 Å². The Hall–Kier alpha value is -0.610. The van der Waals surface area contributed by atoms with Crippen molar-refractivity contribution in [2.45, 2.75) is 45.2 Å². The Kier molecular flexibility index (Phi) is 5.05. The normalized spacial score (nSPS) is 23.1. The molecule has 1 fully saturated rings.